The van der Waals surface area contributed by atoms with Gasteiger partial charge >= 0.3 is 6.03 Å². The highest BCUT2D eigenvalue weighted by molar-refractivity contribution is 5.80. The summed E-state index contributed by atoms with van der Waals surface area (Å²) in [6.07, 6.45) is 0. The summed E-state index contributed by atoms with van der Waals surface area (Å²) in [6, 6.07) is 7.66. The highest BCUT2D eigenvalue weighted by Crippen LogP contribution is 2.19. The van der Waals surface area contributed by atoms with Crippen molar-refractivity contribution in [2.75, 3.05) is 0 Å². The van der Waals surface area contributed by atoms with E-state index in [4.69, 9.17) is 0 Å². The van der Waals surface area contributed by atoms with E-state index in [9.17, 15) is 9.59 Å². The fourth-order valence-electron chi connectivity index (χ4n) is 2.25. The molecule has 0 aliphatic carbocycles. The SMILES string of the molecule is CC(C)NC(=O)NCc1cc2cc(C(C)C)ccc2[nH]c1=O. The predicted molar refractivity (Wildman–Crippen MR) is 89.2 cm³/mol. The Bertz CT molecular complexity index is 732. The first-order valence-electron chi connectivity index (χ1n) is 7.57. The van der Waals surface area contributed by atoms with Crippen molar-refractivity contribution in [1.82, 2.24) is 15.6 Å². The summed E-state index contributed by atoms with van der Waals surface area (Å²) in [5.74, 6) is 0.426. The second-order valence-corrected chi connectivity index (χ2v) is 6.11. The van der Waals surface area contributed by atoms with Gasteiger partial charge in [0.05, 0.1) is 0 Å². The van der Waals surface area contributed by atoms with Gasteiger partial charge in [-0.1, -0.05) is 19.9 Å². The predicted octanol–water partition coefficient (Wildman–Crippen LogP) is 2.86. The van der Waals surface area contributed by atoms with E-state index in [1.807, 2.05) is 32.0 Å². The standard InChI is InChI=1S/C17H23N3O2/c1-10(2)12-5-6-15-13(7-12)8-14(16(21)20-15)9-18-17(22)19-11(3)4/h5-8,10-11H,9H2,1-4H3,(H,20,21)(H2,18,19,22). The molecule has 0 saturated heterocycles. The van der Waals surface area contributed by atoms with Crippen molar-refractivity contribution < 1.29 is 4.79 Å². The number of nitrogens with one attached hydrogen (secondary N) is 3. The molecule has 2 rings (SSSR count). The van der Waals surface area contributed by atoms with Crippen LogP contribution in [-0.4, -0.2) is 17.1 Å². The van der Waals surface area contributed by atoms with Crippen molar-refractivity contribution in [2.45, 2.75) is 46.2 Å². The number of hydrogen-bond donors (Lipinski definition) is 3. The van der Waals surface area contributed by atoms with Crippen LogP contribution in [0.4, 0.5) is 4.79 Å². The summed E-state index contributed by atoms with van der Waals surface area (Å²) in [6.45, 7) is 8.23. The Morgan fingerprint density at radius 3 is 2.55 bits per heavy atom. The zero-order chi connectivity index (χ0) is 16.3. The van der Waals surface area contributed by atoms with Gasteiger partial charge in [-0.15, -0.1) is 0 Å². The molecule has 0 saturated carbocycles. The van der Waals surface area contributed by atoms with Crippen LogP contribution in [0.5, 0.6) is 0 Å². The van der Waals surface area contributed by atoms with E-state index in [0.717, 1.165) is 10.9 Å². The number of aromatic nitrogens is 1. The third-order valence-corrected chi connectivity index (χ3v) is 3.47. The van der Waals surface area contributed by atoms with E-state index < -0.39 is 0 Å². The lowest BCUT2D eigenvalue weighted by atomic mass is 10.0. The fourth-order valence-corrected chi connectivity index (χ4v) is 2.25. The molecule has 0 radical (unpaired) electrons. The topological polar surface area (TPSA) is 74.0 Å². The first-order valence-corrected chi connectivity index (χ1v) is 7.57. The van der Waals surface area contributed by atoms with Crippen LogP contribution in [-0.2, 0) is 6.54 Å². The Morgan fingerprint density at radius 1 is 1.18 bits per heavy atom. The molecule has 2 aromatic rings. The second kappa shape index (κ2) is 6.64. The molecule has 0 atom stereocenters. The highest BCUT2D eigenvalue weighted by Gasteiger charge is 2.07. The van der Waals surface area contributed by atoms with Gasteiger partial charge in [0.15, 0.2) is 0 Å². The molecule has 5 nitrogen and oxygen atoms in total. The summed E-state index contributed by atoms with van der Waals surface area (Å²) in [4.78, 5) is 26.5. The van der Waals surface area contributed by atoms with Gasteiger partial charge in [0, 0.05) is 23.7 Å². The van der Waals surface area contributed by atoms with Gasteiger partial charge in [-0.2, -0.15) is 0 Å². The Balaban J connectivity index is 2.24. The molecule has 5 heteroatoms. The van der Waals surface area contributed by atoms with Crippen molar-refractivity contribution >= 4 is 16.9 Å². The van der Waals surface area contributed by atoms with Crippen LogP contribution in [0.25, 0.3) is 10.9 Å². The second-order valence-electron chi connectivity index (χ2n) is 6.11. The zero-order valence-corrected chi connectivity index (χ0v) is 13.5. The van der Waals surface area contributed by atoms with Gasteiger partial charge in [0.2, 0.25) is 0 Å². The fraction of sp³-hybridized carbons (Fsp3) is 0.412. The lowest BCUT2D eigenvalue weighted by molar-refractivity contribution is 0.238. The van der Waals surface area contributed by atoms with E-state index in [2.05, 4.69) is 35.5 Å². The largest absolute Gasteiger partial charge is 0.336 e. The van der Waals surface area contributed by atoms with E-state index in [1.54, 1.807) is 0 Å². The van der Waals surface area contributed by atoms with Crippen LogP contribution in [0.3, 0.4) is 0 Å². The molecule has 0 spiro atoms. The van der Waals surface area contributed by atoms with Gasteiger partial charge in [-0.3, -0.25) is 4.79 Å². The van der Waals surface area contributed by atoms with Gasteiger partial charge in [-0.05, 0) is 48.9 Å². The number of pyridine rings is 1. The smallest absolute Gasteiger partial charge is 0.315 e. The normalized spacial score (nSPS) is 11.2. The molecule has 3 N–H and O–H groups in total. The number of carbonyl (C=O) groups is 1. The number of hydrogen-bond acceptors (Lipinski definition) is 2. The van der Waals surface area contributed by atoms with Crippen LogP contribution >= 0.6 is 0 Å². The van der Waals surface area contributed by atoms with Crippen molar-refractivity contribution in [3.63, 3.8) is 0 Å². The van der Waals surface area contributed by atoms with Crippen LogP contribution < -0.4 is 16.2 Å². The number of amides is 2. The number of H-pyrrole nitrogens is 1. The molecule has 1 heterocycles. The number of fused-ring (bicyclic) bond motifs is 1. The van der Waals surface area contributed by atoms with Crippen molar-refractivity contribution in [1.29, 1.82) is 0 Å². The maximum Gasteiger partial charge on any atom is 0.315 e. The first-order chi connectivity index (χ1) is 10.4. The maximum atomic E-state index is 12.1. The quantitative estimate of drug-likeness (QED) is 0.812. The summed E-state index contributed by atoms with van der Waals surface area (Å²) < 4.78 is 0. The third kappa shape index (κ3) is 3.87. The monoisotopic (exact) mass is 301 g/mol. The Labute approximate surface area is 130 Å². The molecule has 0 aliphatic heterocycles. The Kier molecular flexibility index (Phi) is 4.85. The first kappa shape index (κ1) is 16.1. The van der Waals surface area contributed by atoms with Crippen LogP contribution in [0.1, 0.15) is 44.7 Å². The van der Waals surface area contributed by atoms with Crippen LogP contribution in [0, 0.1) is 0 Å². The molecule has 1 aromatic carbocycles. The van der Waals surface area contributed by atoms with Gasteiger partial charge in [0.1, 0.15) is 0 Å². The van der Waals surface area contributed by atoms with Crippen LogP contribution in [0.2, 0.25) is 0 Å². The van der Waals surface area contributed by atoms with Gasteiger partial charge < -0.3 is 15.6 Å². The molecule has 118 valence electrons. The van der Waals surface area contributed by atoms with Gasteiger partial charge in [-0.25, -0.2) is 4.79 Å². The molecule has 0 bridgehead atoms. The van der Waals surface area contributed by atoms with E-state index in [0.29, 0.717) is 11.5 Å². The van der Waals surface area contributed by atoms with Crippen molar-refractivity contribution in [2.24, 2.45) is 0 Å². The molecule has 0 aliphatic rings. The molecule has 0 unspecified atom stereocenters. The minimum atomic E-state index is -0.273. The zero-order valence-electron chi connectivity index (χ0n) is 13.5. The summed E-state index contributed by atoms with van der Waals surface area (Å²) in [7, 11) is 0. The Morgan fingerprint density at radius 2 is 1.91 bits per heavy atom. The molecule has 2 amide bonds. The third-order valence-electron chi connectivity index (χ3n) is 3.47. The van der Waals surface area contributed by atoms with E-state index >= 15 is 0 Å². The van der Waals surface area contributed by atoms with Crippen molar-refractivity contribution in [3.8, 4) is 0 Å². The summed E-state index contributed by atoms with van der Waals surface area (Å²) in [5.41, 5.74) is 2.41. The van der Waals surface area contributed by atoms with Crippen molar-refractivity contribution in [3.05, 3.63) is 45.7 Å². The average Bonchev–Trinajstić information content (AvgIpc) is 2.43. The van der Waals surface area contributed by atoms with E-state index in [-0.39, 0.29) is 24.2 Å². The maximum absolute atomic E-state index is 12.1. The molecular weight excluding hydrogens is 278 g/mol. The van der Waals surface area contributed by atoms with E-state index in [1.165, 1.54) is 5.56 Å². The minimum absolute atomic E-state index is 0.0588. The number of urea groups is 1. The highest BCUT2D eigenvalue weighted by atomic mass is 16.2. The average molecular weight is 301 g/mol. The summed E-state index contributed by atoms with van der Waals surface area (Å²) in [5, 5.41) is 6.41. The number of rotatable bonds is 4. The lowest BCUT2D eigenvalue weighted by Gasteiger charge is -2.11. The molecule has 22 heavy (non-hydrogen) atoms. The summed E-state index contributed by atoms with van der Waals surface area (Å²) >= 11 is 0. The number of aromatic amines is 1. The van der Waals surface area contributed by atoms with Gasteiger partial charge in [0.25, 0.3) is 5.56 Å². The molecular formula is C17H23N3O2. The molecule has 1 aromatic heterocycles. The number of carbonyl (C=O) groups excluding carboxylic acids is 1. The molecule has 0 fully saturated rings. The Hall–Kier alpha value is -2.30. The number of benzene rings is 1. The minimum Gasteiger partial charge on any atom is -0.336 e. The van der Waals surface area contributed by atoms with Crippen LogP contribution in [0.15, 0.2) is 29.1 Å². The lowest BCUT2D eigenvalue weighted by Crippen LogP contribution is -2.39.